The Kier molecular flexibility index (Phi) is 7.52. The summed E-state index contributed by atoms with van der Waals surface area (Å²) < 4.78 is 0. The molecule has 5 heteroatoms. The average molecular weight is 435 g/mol. The predicted octanol–water partition coefficient (Wildman–Crippen LogP) is 4.20. The van der Waals surface area contributed by atoms with Crippen LogP contribution in [0, 0.1) is 0 Å². The maximum atomic E-state index is 12.7. The van der Waals surface area contributed by atoms with Gasteiger partial charge in [-0.15, -0.1) is 13.2 Å². The van der Waals surface area contributed by atoms with E-state index in [0.29, 0.717) is 38.5 Å². The molecule has 3 N–H and O–H groups in total. The summed E-state index contributed by atoms with van der Waals surface area (Å²) in [6.45, 7) is 9.21. The largest absolute Gasteiger partial charge is 0.387 e. The molecule has 5 nitrogen and oxygen atoms in total. The number of fused-ring (bicyclic) bond motifs is 1. The van der Waals surface area contributed by atoms with Crippen molar-refractivity contribution in [3.8, 4) is 0 Å². The number of nitrogens with one attached hydrogen (secondary N) is 2. The van der Waals surface area contributed by atoms with Crippen LogP contribution in [-0.4, -0.2) is 34.1 Å². The lowest BCUT2D eigenvalue weighted by molar-refractivity contribution is -0.125. The highest BCUT2D eigenvalue weighted by molar-refractivity contribution is 5.83. The van der Waals surface area contributed by atoms with Crippen molar-refractivity contribution in [2.45, 2.75) is 69.1 Å². The molecule has 2 aromatic rings. The van der Waals surface area contributed by atoms with Crippen LogP contribution in [-0.2, 0) is 16.0 Å². The number of carbonyl (C=O) groups is 2. The molecule has 32 heavy (non-hydrogen) atoms. The van der Waals surface area contributed by atoms with Gasteiger partial charge in [0.2, 0.25) is 11.8 Å². The fraction of sp³-hybridized carbons (Fsp3) is 0.407. The van der Waals surface area contributed by atoms with Crippen molar-refractivity contribution in [1.82, 2.24) is 10.6 Å². The Hall–Kier alpha value is -2.92. The molecule has 1 saturated heterocycles. The van der Waals surface area contributed by atoms with Crippen LogP contribution in [0.2, 0.25) is 0 Å². The van der Waals surface area contributed by atoms with Gasteiger partial charge in [0.05, 0.1) is 11.6 Å². The van der Waals surface area contributed by atoms with E-state index in [4.69, 9.17) is 0 Å². The first-order valence-corrected chi connectivity index (χ1v) is 11.3. The van der Waals surface area contributed by atoms with Gasteiger partial charge in [-0.2, -0.15) is 0 Å². The zero-order valence-corrected chi connectivity index (χ0v) is 18.9. The third-order valence-electron chi connectivity index (χ3n) is 6.60. The summed E-state index contributed by atoms with van der Waals surface area (Å²) in [5.74, 6) is -0.103. The Balaban J connectivity index is 1.67. The van der Waals surface area contributed by atoms with Crippen LogP contribution in [0.4, 0.5) is 0 Å². The maximum Gasteiger partial charge on any atom is 0.220 e. The number of aliphatic hydroxyl groups is 1. The number of hydrogen-bond donors (Lipinski definition) is 3. The average Bonchev–Trinajstić information content (AvgIpc) is 3.13. The van der Waals surface area contributed by atoms with Crippen LogP contribution >= 0.6 is 0 Å². The van der Waals surface area contributed by atoms with Gasteiger partial charge in [-0.1, -0.05) is 54.6 Å². The van der Waals surface area contributed by atoms with Gasteiger partial charge in [0.25, 0.3) is 0 Å². The first kappa shape index (κ1) is 23.7. The monoisotopic (exact) mass is 434 g/mol. The summed E-state index contributed by atoms with van der Waals surface area (Å²) in [6.07, 6.45) is 6.72. The molecular formula is C27H34N2O3. The molecule has 1 aliphatic heterocycles. The normalized spacial score (nSPS) is 19.4. The van der Waals surface area contributed by atoms with E-state index in [1.54, 1.807) is 19.1 Å². The minimum Gasteiger partial charge on any atom is -0.387 e. The first-order chi connectivity index (χ1) is 15.3. The smallest absolute Gasteiger partial charge is 0.220 e. The molecule has 0 bridgehead atoms. The zero-order valence-electron chi connectivity index (χ0n) is 18.9. The van der Waals surface area contributed by atoms with E-state index in [0.717, 1.165) is 5.56 Å². The van der Waals surface area contributed by atoms with Gasteiger partial charge < -0.3 is 15.7 Å². The molecule has 2 atom stereocenters. The molecule has 3 rings (SSSR count). The van der Waals surface area contributed by atoms with Crippen molar-refractivity contribution in [1.29, 1.82) is 0 Å². The van der Waals surface area contributed by atoms with Gasteiger partial charge in [-0.3, -0.25) is 9.59 Å². The van der Waals surface area contributed by atoms with E-state index in [1.807, 2.05) is 12.1 Å². The van der Waals surface area contributed by atoms with Crippen molar-refractivity contribution in [3.05, 3.63) is 73.3 Å². The number of hydrogen-bond acceptors (Lipinski definition) is 3. The van der Waals surface area contributed by atoms with E-state index >= 15 is 0 Å². The second kappa shape index (κ2) is 10.1. The van der Waals surface area contributed by atoms with Gasteiger partial charge in [0.1, 0.15) is 0 Å². The summed E-state index contributed by atoms with van der Waals surface area (Å²) in [7, 11) is 0. The molecule has 0 saturated carbocycles. The van der Waals surface area contributed by atoms with Gasteiger partial charge in [0, 0.05) is 18.4 Å². The standard InChI is InChI=1S/C27H34N2O3/c1-4-14-27(32,15-5-2)20(3)28-24(30)12-16-26(17-13-25(31)29-26)19-21-10-11-22-8-6-7-9-23(22)18-21/h4-11,18,20,32H,1-2,12-17,19H2,3H3,(H,28,30)(H,29,31)/t20-,26-/m0/s1. The van der Waals surface area contributed by atoms with E-state index in [2.05, 4.69) is 54.1 Å². The lowest BCUT2D eigenvalue weighted by Gasteiger charge is -2.34. The molecular weight excluding hydrogens is 400 g/mol. The highest BCUT2D eigenvalue weighted by Gasteiger charge is 2.38. The van der Waals surface area contributed by atoms with Gasteiger partial charge in [-0.25, -0.2) is 0 Å². The molecule has 0 radical (unpaired) electrons. The number of carbonyl (C=O) groups excluding carboxylic acids is 2. The predicted molar refractivity (Wildman–Crippen MR) is 129 cm³/mol. The van der Waals surface area contributed by atoms with Crippen LogP contribution in [0.25, 0.3) is 10.8 Å². The Labute approximate surface area is 190 Å². The molecule has 1 fully saturated rings. The SMILES string of the molecule is C=CCC(O)(CC=C)[C@H](C)NC(=O)CC[C@@]1(Cc2ccc3ccccc3c2)CCC(=O)N1. The third kappa shape index (κ3) is 5.65. The van der Waals surface area contributed by atoms with Crippen molar-refractivity contribution >= 4 is 22.6 Å². The van der Waals surface area contributed by atoms with Gasteiger partial charge >= 0.3 is 0 Å². The second-order valence-electron chi connectivity index (χ2n) is 9.07. The van der Waals surface area contributed by atoms with E-state index < -0.39 is 17.2 Å². The quantitative estimate of drug-likeness (QED) is 0.464. The number of benzene rings is 2. The Morgan fingerprint density at radius 3 is 2.53 bits per heavy atom. The van der Waals surface area contributed by atoms with Crippen molar-refractivity contribution in [2.75, 3.05) is 0 Å². The van der Waals surface area contributed by atoms with Crippen LogP contribution in [0.3, 0.4) is 0 Å². The Bertz CT molecular complexity index is 989. The Morgan fingerprint density at radius 2 is 1.91 bits per heavy atom. The molecule has 0 aliphatic carbocycles. The molecule has 2 aromatic carbocycles. The lowest BCUT2D eigenvalue weighted by Crippen LogP contribution is -2.51. The number of amides is 2. The third-order valence-corrected chi connectivity index (χ3v) is 6.60. The van der Waals surface area contributed by atoms with Crippen LogP contribution < -0.4 is 10.6 Å². The van der Waals surface area contributed by atoms with Crippen LogP contribution in [0.1, 0.15) is 51.0 Å². The molecule has 1 aliphatic rings. The minimum absolute atomic E-state index is 0.0332. The fourth-order valence-corrected chi connectivity index (χ4v) is 4.66. The van der Waals surface area contributed by atoms with Crippen molar-refractivity contribution < 1.29 is 14.7 Å². The van der Waals surface area contributed by atoms with E-state index in [1.165, 1.54) is 10.8 Å². The maximum absolute atomic E-state index is 12.7. The number of rotatable bonds is 11. The highest BCUT2D eigenvalue weighted by atomic mass is 16.3. The zero-order chi connectivity index (χ0) is 23.2. The summed E-state index contributed by atoms with van der Waals surface area (Å²) >= 11 is 0. The molecule has 0 unspecified atom stereocenters. The molecule has 0 aromatic heterocycles. The summed E-state index contributed by atoms with van der Waals surface area (Å²) in [4.78, 5) is 24.8. The summed E-state index contributed by atoms with van der Waals surface area (Å²) in [5.41, 5.74) is -0.395. The van der Waals surface area contributed by atoms with E-state index in [-0.39, 0.29) is 18.2 Å². The minimum atomic E-state index is -1.11. The van der Waals surface area contributed by atoms with Gasteiger partial charge in [-0.05, 0) is 55.4 Å². The fourth-order valence-electron chi connectivity index (χ4n) is 4.66. The molecule has 170 valence electrons. The lowest BCUT2D eigenvalue weighted by atomic mass is 9.84. The molecule has 0 spiro atoms. The van der Waals surface area contributed by atoms with Crippen LogP contribution in [0.15, 0.2) is 67.8 Å². The van der Waals surface area contributed by atoms with Crippen molar-refractivity contribution in [2.24, 2.45) is 0 Å². The van der Waals surface area contributed by atoms with Crippen LogP contribution in [0.5, 0.6) is 0 Å². The second-order valence-corrected chi connectivity index (χ2v) is 9.07. The topological polar surface area (TPSA) is 78.4 Å². The van der Waals surface area contributed by atoms with E-state index in [9.17, 15) is 14.7 Å². The molecule has 2 amide bonds. The summed E-state index contributed by atoms with van der Waals surface area (Å²) in [6, 6.07) is 14.1. The first-order valence-electron chi connectivity index (χ1n) is 11.3. The van der Waals surface area contributed by atoms with Gasteiger partial charge in [0.15, 0.2) is 0 Å². The molecule has 1 heterocycles. The highest BCUT2D eigenvalue weighted by Crippen LogP contribution is 2.31. The Morgan fingerprint density at radius 1 is 1.22 bits per heavy atom. The summed E-state index contributed by atoms with van der Waals surface area (Å²) in [5, 5.41) is 19.3. The van der Waals surface area contributed by atoms with Crippen molar-refractivity contribution in [3.63, 3.8) is 0 Å².